The van der Waals surface area contributed by atoms with Gasteiger partial charge in [-0.3, -0.25) is 20.8 Å². The fourth-order valence-corrected chi connectivity index (χ4v) is 2.32. The maximum Gasteiger partial charge on any atom is 0.307 e. The van der Waals surface area contributed by atoms with Crippen molar-refractivity contribution < 1.29 is 4.92 Å². The maximum atomic E-state index is 11.1. The van der Waals surface area contributed by atoms with E-state index in [9.17, 15) is 14.9 Å². The number of nitro benzene ring substituents is 1. The highest BCUT2D eigenvalue weighted by molar-refractivity contribution is 7.99. The summed E-state index contributed by atoms with van der Waals surface area (Å²) < 4.78 is 0. The standard InChI is InChI=1S/C10H9N5O3S/c11-14-6-2-1-3-7(9(6)15(17)18)19-10-12-5-4-8(16)13-10/h1-5,14H,11H2,(H,12,13,16). The molecule has 98 valence electrons. The minimum Gasteiger partial charge on any atom is -0.318 e. The average molecular weight is 279 g/mol. The molecule has 0 saturated heterocycles. The van der Waals surface area contributed by atoms with Gasteiger partial charge < -0.3 is 10.4 Å². The minimum absolute atomic E-state index is 0.165. The van der Waals surface area contributed by atoms with Crippen LogP contribution in [0.2, 0.25) is 0 Å². The Hall–Kier alpha value is -2.39. The Balaban J connectivity index is 2.45. The molecule has 0 bridgehead atoms. The Labute approximate surface area is 111 Å². The molecule has 0 aliphatic heterocycles. The van der Waals surface area contributed by atoms with Crippen LogP contribution >= 0.6 is 11.8 Å². The van der Waals surface area contributed by atoms with Crippen molar-refractivity contribution in [3.63, 3.8) is 0 Å². The summed E-state index contributed by atoms with van der Waals surface area (Å²) in [7, 11) is 0. The number of rotatable bonds is 4. The molecule has 0 atom stereocenters. The topological polar surface area (TPSA) is 127 Å². The van der Waals surface area contributed by atoms with E-state index in [1.165, 1.54) is 18.3 Å². The molecule has 9 heteroatoms. The summed E-state index contributed by atoms with van der Waals surface area (Å²) in [6.07, 6.45) is 1.33. The van der Waals surface area contributed by atoms with Crippen molar-refractivity contribution in [1.82, 2.24) is 9.97 Å². The number of H-pyrrole nitrogens is 1. The summed E-state index contributed by atoms with van der Waals surface area (Å²) in [5, 5.41) is 11.3. The SMILES string of the molecule is NNc1cccc(Sc2nccc(=O)[nH]2)c1[N+](=O)[O-]. The summed E-state index contributed by atoms with van der Waals surface area (Å²) in [5.74, 6) is 5.24. The molecule has 1 aromatic carbocycles. The Morgan fingerprint density at radius 3 is 2.84 bits per heavy atom. The molecular formula is C10H9N5O3S. The van der Waals surface area contributed by atoms with Gasteiger partial charge >= 0.3 is 5.69 Å². The Morgan fingerprint density at radius 2 is 2.21 bits per heavy atom. The number of nitrogens with two attached hydrogens (primary N) is 1. The molecule has 8 nitrogen and oxygen atoms in total. The van der Waals surface area contributed by atoms with Gasteiger partial charge in [0.2, 0.25) is 0 Å². The number of para-hydroxylation sites is 1. The van der Waals surface area contributed by atoms with E-state index in [0.717, 1.165) is 11.8 Å². The second-order valence-corrected chi connectivity index (χ2v) is 4.43. The van der Waals surface area contributed by atoms with Crippen molar-refractivity contribution in [3.8, 4) is 0 Å². The molecule has 0 fully saturated rings. The molecule has 2 aromatic rings. The van der Waals surface area contributed by atoms with Crippen molar-refractivity contribution in [2.24, 2.45) is 5.84 Å². The zero-order valence-corrected chi connectivity index (χ0v) is 10.3. The zero-order chi connectivity index (χ0) is 13.8. The number of nitrogens with one attached hydrogen (secondary N) is 2. The number of hydrazine groups is 1. The molecule has 4 N–H and O–H groups in total. The average Bonchev–Trinajstić information content (AvgIpc) is 2.38. The highest BCUT2D eigenvalue weighted by Crippen LogP contribution is 2.37. The van der Waals surface area contributed by atoms with E-state index in [0.29, 0.717) is 4.90 Å². The molecule has 0 saturated carbocycles. The van der Waals surface area contributed by atoms with E-state index in [1.807, 2.05) is 0 Å². The largest absolute Gasteiger partial charge is 0.318 e. The van der Waals surface area contributed by atoms with Crippen molar-refractivity contribution in [3.05, 3.63) is 50.9 Å². The van der Waals surface area contributed by atoms with Gasteiger partial charge in [0, 0.05) is 12.3 Å². The first-order valence-electron chi connectivity index (χ1n) is 5.09. The van der Waals surface area contributed by atoms with Crippen LogP contribution < -0.4 is 16.8 Å². The van der Waals surface area contributed by atoms with Crippen LogP contribution in [-0.2, 0) is 0 Å². The lowest BCUT2D eigenvalue weighted by molar-refractivity contribution is -0.386. The first kappa shape index (κ1) is 13.1. The van der Waals surface area contributed by atoms with E-state index >= 15 is 0 Å². The van der Waals surface area contributed by atoms with Gasteiger partial charge in [-0.15, -0.1) is 0 Å². The van der Waals surface area contributed by atoms with E-state index in [4.69, 9.17) is 5.84 Å². The van der Waals surface area contributed by atoms with E-state index in [2.05, 4.69) is 15.4 Å². The van der Waals surface area contributed by atoms with Gasteiger partial charge in [0.05, 0.1) is 9.82 Å². The molecular weight excluding hydrogens is 270 g/mol. The molecule has 1 aromatic heterocycles. The minimum atomic E-state index is -0.543. The van der Waals surface area contributed by atoms with Crippen LogP contribution in [0.3, 0.4) is 0 Å². The van der Waals surface area contributed by atoms with Crippen LogP contribution in [-0.4, -0.2) is 14.9 Å². The monoisotopic (exact) mass is 279 g/mol. The van der Waals surface area contributed by atoms with Crippen molar-refractivity contribution in [2.45, 2.75) is 10.1 Å². The van der Waals surface area contributed by atoms with Crippen LogP contribution in [0, 0.1) is 10.1 Å². The Bertz CT molecular complexity index is 672. The van der Waals surface area contributed by atoms with Gasteiger partial charge in [0.25, 0.3) is 5.56 Å². The fourth-order valence-electron chi connectivity index (χ4n) is 1.42. The number of benzene rings is 1. The second-order valence-electron chi connectivity index (χ2n) is 3.40. The molecule has 0 amide bonds. The lowest BCUT2D eigenvalue weighted by Crippen LogP contribution is -2.09. The number of anilines is 1. The lowest BCUT2D eigenvalue weighted by Gasteiger charge is -2.06. The maximum absolute atomic E-state index is 11.1. The fraction of sp³-hybridized carbons (Fsp3) is 0. The van der Waals surface area contributed by atoms with Crippen LogP contribution in [0.1, 0.15) is 0 Å². The first-order valence-corrected chi connectivity index (χ1v) is 5.90. The van der Waals surface area contributed by atoms with E-state index in [1.54, 1.807) is 12.1 Å². The number of nitro groups is 1. The highest BCUT2D eigenvalue weighted by atomic mass is 32.2. The predicted molar refractivity (Wildman–Crippen MR) is 69.9 cm³/mol. The van der Waals surface area contributed by atoms with Gasteiger partial charge in [-0.1, -0.05) is 6.07 Å². The zero-order valence-electron chi connectivity index (χ0n) is 9.49. The Morgan fingerprint density at radius 1 is 1.42 bits per heavy atom. The molecule has 19 heavy (non-hydrogen) atoms. The predicted octanol–water partition coefficient (Wildman–Crippen LogP) is 1.11. The summed E-state index contributed by atoms with van der Waals surface area (Å²) in [4.78, 5) is 28.4. The molecule has 0 aliphatic carbocycles. The van der Waals surface area contributed by atoms with Gasteiger partial charge in [0.15, 0.2) is 5.16 Å². The summed E-state index contributed by atoms with van der Waals surface area (Å²) >= 11 is 0.982. The van der Waals surface area contributed by atoms with Crippen molar-refractivity contribution in [1.29, 1.82) is 0 Å². The number of hydrogen-bond donors (Lipinski definition) is 3. The number of hydrogen-bond acceptors (Lipinski definition) is 7. The summed E-state index contributed by atoms with van der Waals surface area (Å²) in [6.45, 7) is 0. The van der Waals surface area contributed by atoms with Crippen LogP contribution in [0.4, 0.5) is 11.4 Å². The van der Waals surface area contributed by atoms with Gasteiger partial charge in [0.1, 0.15) is 5.69 Å². The lowest BCUT2D eigenvalue weighted by atomic mass is 10.3. The molecule has 0 aliphatic rings. The van der Waals surface area contributed by atoms with Gasteiger partial charge in [-0.05, 0) is 23.9 Å². The quantitative estimate of drug-likeness (QED) is 0.331. The molecule has 2 rings (SSSR count). The summed E-state index contributed by atoms with van der Waals surface area (Å²) in [5.41, 5.74) is 1.96. The van der Waals surface area contributed by atoms with Crippen molar-refractivity contribution >= 4 is 23.1 Å². The number of nitrogens with zero attached hydrogens (tertiary/aromatic N) is 2. The molecule has 0 unspecified atom stereocenters. The smallest absolute Gasteiger partial charge is 0.307 e. The van der Waals surface area contributed by atoms with E-state index < -0.39 is 4.92 Å². The van der Waals surface area contributed by atoms with Crippen LogP contribution in [0.5, 0.6) is 0 Å². The highest BCUT2D eigenvalue weighted by Gasteiger charge is 2.20. The molecule has 0 radical (unpaired) electrons. The van der Waals surface area contributed by atoms with E-state index in [-0.39, 0.29) is 22.1 Å². The first-order chi connectivity index (χ1) is 9.11. The number of aromatic amines is 1. The number of nitrogen functional groups attached to an aromatic ring is 1. The number of aromatic nitrogens is 2. The third kappa shape index (κ3) is 2.89. The molecule has 1 heterocycles. The molecule has 0 spiro atoms. The van der Waals surface area contributed by atoms with Gasteiger partial charge in [-0.25, -0.2) is 4.98 Å². The third-order valence-corrected chi connectivity index (χ3v) is 3.14. The van der Waals surface area contributed by atoms with Gasteiger partial charge in [-0.2, -0.15) is 0 Å². The second kappa shape index (κ2) is 5.50. The normalized spacial score (nSPS) is 10.2. The summed E-state index contributed by atoms with van der Waals surface area (Å²) in [6, 6.07) is 5.92. The van der Waals surface area contributed by atoms with Crippen molar-refractivity contribution in [2.75, 3.05) is 5.43 Å². The third-order valence-electron chi connectivity index (χ3n) is 2.19. The Kier molecular flexibility index (Phi) is 3.78. The van der Waals surface area contributed by atoms with Crippen LogP contribution in [0.15, 0.2) is 45.3 Å². The van der Waals surface area contributed by atoms with Crippen LogP contribution in [0.25, 0.3) is 0 Å².